The number of aromatic hydroxyl groups is 1. The third kappa shape index (κ3) is 2.42. The molecule has 0 fully saturated rings. The lowest BCUT2D eigenvalue weighted by Crippen LogP contribution is -1.93. The second kappa shape index (κ2) is 4.23. The molecule has 0 aromatic heterocycles. The second-order valence-electron chi connectivity index (χ2n) is 3.08. The Kier molecular flexibility index (Phi) is 3.25. The number of halogens is 1. The summed E-state index contributed by atoms with van der Waals surface area (Å²) in [6.07, 6.45) is 1.04. The molecule has 0 heterocycles. The number of hydrogen-bond donors (Lipinski definition) is 2. The number of phenols is 1. The number of aliphatic hydroxyl groups excluding tert-OH is 1. The first kappa shape index (κ1) is 9.99. The Morgan fingerprint density at radius 3 is 2.69 bits per heavy atom. The molecule has 1 aromatic rings. The van der Waals surface area contributed by atoms with E-state index in [0.29, 0.717) is 18.4 Å². The second-order valence-corrected chi connectivity index (χ2v) is 3.08. The van der Waals surface area contributed by atoms with Gasteiger partial charge in [0.05, 0.1) is 0 Å². The molecule has 0 aliphatic rings. The number of aliphatic hydroxyl groups is 1. The zero-order valence-corrected chi connectivity index (χ0v) is 7.55. The standard InChI is InChI=1S/C10H13FO2/c1-7-5-8(3-2-4-12)10(13)9(11)6-7/h5-6,12-13H,2-4H2,1H3. The first-order chi connectivity index (χ1) is 6.15. The average molecular weight is 184 g/mol. The molecular weight excluding hydrogens is 171 g/mol. The highest BCUT2D eigenvalue weighted by Crippen LogP contribution is 2.23. The van der Waals surface area contributed by atoms with Crippen molar-refractivity contribution in [3.05, 3.63) is 29.1 Å². The van der Waals surface area contributed by atoms with E-state index < -0.39 is 5.82 Å². The van der Waals surface area contributed by atoms with Crippen LogP contribution < -0.4 is 0 Å². The Bertz CT molecular complexity index is 297. The van der Waals surface area contributed by atoms with E-state index in [2.05, 4.69) is 0 Å². The van der Waals surface area contributed by atoms with Crippen LogP contribution in [-0.4, -0.2) is 16.8 Å². The smallest absolute Gasteiger partial charge is 0.165 e. The predicted octanol–water partition coefficient (Wildman–Crippen LogP) is 1.76. The maximum absolute atomic E-state index is 13.0. The lowest BCUT2D eigenvalue weighted by Gasteiger charge is -2.05. The van der Waals surface area contributed by atoms with Crippen molar-refractivity contribution in [1.29, 1.82) is 0 Å². The first-order valence-electron chi connectivity index (χ1n) is 4.24. The normalized spacial score (nSPS) is 10.4. The van der Waals surface area contributed by atoms with Crippen LogP contribution in [0.15, 0.2) is 12.1 Å². The molecule has 72 valence electrons. The molecule has 0 amide bonds. The van der Waals surface area contributed by atoms with Gasteiger partial charge in [-0.3, -0.25) is 0 Å². The van der Waals surface area contributed by atoms with Crippen molar-refractivity contribution < 1.29 is 14.6 Å². The van der Waals surface area contributed by atoms with Crippen LogP contribution >= 0.6 is 0 Å². The molecule has 0 bridgehead atoms. The first-order valence-corrected chi connectivity index (χ1v) is 4.24. The van der Waals surface area contributed by atoms with Crippen molar-refractivity contribution in [2.24, 2.45) is 0 Å². The molecule has 2 N–H and O–H groups in total. The van der Waals surface area contributed by atoms with E-state index in [0.717, 1.165) is 5.56 Å². The van der Waals surface area contributed by atoms with Crippen LogP contribution in [0.25, 0.3) is 0 Å². The largest absolute Gasteiger partial charge is 0.505 e. The van der Waals surface area contributed by atoms with E-state index in [1.165, 1.54) is 6.07 Å². The molecular formula is C10H13FO2. The van der Waals surface area contributed by atoms with Crippen molar-refractivity contribution >= 4 is 0 Å². The molecule has 2 nitrogen and oxygen atoms in total. The number of aryl methyl sites for hydroxylation is 2. The Hall–Kier alpha value is -1.09. The molecule has 0 aliphatic heterocycles. The van der Waals surface area contributed by atoms with Gasteiger partial charge in [-0.1, -0.05) is 6.07 Å². The van der Waals surface area contributed by atoms with Gasteiger partial charge < -0.3 is 10.2 Å². The molecule has 0 aliphatic carbocycles. The summed E-state index contributed by atoms with van der Waals surface area (Å²) in [5.74, 6) is -0.882. The Balaban J connectivity index is 2.92. The van der Waals surface area contributed by atoms with Crippen LogP contribution in [0.5, 0.6) is 5.75 Å². The minimum absolute atomic E-state index is 0.0506. The van der Waals surface area contributed by atoms with Gasteiger partial charge >= 0.3 is 0 Å². The minimum Gasteiger partial charge on any atom is -0.505 e. The van der Waals surface area contributed by atoms with Gasteiger partial charge in [-0.15, -0.1) is 0 Å². The van der Waals surface area contributed by atoms with Crippen LogP contribution in [0.3, 0.4) is 0 Å². The summed E-state index contributed by atoms with van der Waals surface area (Å²) in [5.41, 5.74) is 1.34. The molecule has 0 atom stereocenters. The van der Waals surface area contributed by atoms with E-state index in [-0.39, 0.29) is 12.4 Å². The van der Waals surface area contributed by atoms with Gasteiger partial charge in [-0.2, -0.15) is 0 Å². The van der Waals surface area contributed by atoms with E-state index in [4.69, 9.17) is 5.11 Å². The molecule has 0 spiro atoms. The average Bonchev–Trinajstić information content (AvgIpc) is 2.09. The highest BCUT2D eigenvalue weighted by molar-refractivity contribution is 5.37. The van der Waals surface area contributed by atoms with Crippen LogP contribution in [0.4, 0.5) is 4.39 Å². The Labute approximate surface area is 76.6 Å². The fourth-order valence-electron chi connectivity index (χ4n) is 1.27. The summed E-state index contributed by atoms with van der Waals surface area (Å²) in [6.45, 7) is 1.82. The maximum Gasteiger partial charge on any atom is 0.165 e. The highest BCUT2D eigenvalue weighted by Gasteiger charge is 2.07. The molecule has 1 aromatic carbocycles. The zero-order valence-electron chi connectivity index (χ0n) is 7.55. The third-order valence-corrected chi connectivity index (χ3v) is 1.89. The Morgan fingerprint density at radius 1 is 1.38 bits per heavy atom. The SMILES string of the molecule is Cc1cc(F)c(O)c(CCCO)c1. The zero-order chi connectivity index (χ0) is 9.84. The van der Waals surface area contributed by atoms with Gasteiger partial charge in [0.2, 0.25) is 0 Å². The van der Waals surface area contributed by atoms with Crippen molar-refractivity contribution in [3.8, 4) is 5.75 Å². The van der Waals surface area contributed by atoms with Crippen molar-refractivity contribution in [2.75, 3.05) is 6.61 Å². The fourth-order valence-corrected chi connectivity index (χ4v) is 1.27. The molecule has 0 saturated heterocycles. The highest BCUT2D eigenvalue weighted by atomic mass is 19.1. The summed E-state index contributed by atoms with van der Waals surface area (Å²) in [6, 6.07) is 3.02. The van der Waals surface area contributed by atoms with Crippen molar-refractivity contribution in [3.63, 3.8) is 0 Å². The minimum atomic E-state index is -0.590. The monoisotopic (exact) mass is 184 g/mol. The molecule has 13 heavy (non-hydrogen) atoms. The number of hydrogen-bond acceptors (Lipinski definition) is 2. The van der Waals surface area contributed by atoms with E-state index in [9.17, 15) is 9.50 Å². The van der Waals surface area contributed by atoms with Crippen LogP contribution in [0, 0.1) is 12.7 Å². The fraction of sp³-hybridized carbons (Fsp3) is 0.400. The van der Waals surface area contributed by atoms with Gasteiger partial charge in [-0.05, 0) is 37.0 Å². The van der Waals surface area contributed by atoms with Gasteiger partial charge in [0.15, 0.2) is 11.6 Å². The van der Waals surface area contributed by atoms with Gasteiger partial charge in [0, 0.05) is 6.61 Å². The summed E-state index contributed by atoms with van der Waals surface area (Å²) in [4.78, 5) is 0. The Morgan fingerprint density at radius 2 is 2.08 bits per heavy atom. The van der Waals surface area contributed by atoms with Crippen LogP contribution in [0.2, 0.25) is 0 Å². The van der Waals surface area contributed by atoms with E-state index in [1.54, 1.807) is 13.0 Å². The van der Waals surface area contributed by atoms with E-state index in [1.807, 2.05) is 0 Å². The van der Waals surface area contributed by atoms with Crippen LogP contribution in [0.1, 0.15) is 17.5 Å². The predicted molar refractivity (Wildman–Crippen MR) is 48.2 cm³/mol. The van der Waals surface area contributed by atoms with Crippen molar-refractivity contribution in [2.45, 2.75) is 19.8 Å². The molecule has 0 saturated carbocycles. The molecule has 0 unspecified atom stereocenters. The lowest BCUT2D eigenvalue weighted by atomic mass is 10.1. The van der Waals surface area contributed by atoms with E-state index >= 15 is 0 Å². The summed E-state index contributed by atoms with van der Waals surface area (Å²) >= 11 is 0. The lowest BCUT2D eigenvalue weighted by molar-refractivity contribution is 0.287. The summed E-state index contributed by atoms with van der Waals surface area (Å²) < 4.78 is 13.0. The van der Waals surface area contributed by atoms with Crippen molar-refractivity contribution in [1.82, 2.24) is 0 Å². The number of rotatable bonds is 3. The van der Waals surface area contributed by atoms with Gasteiger partial charge in [0.25, 0.3) is 0 Å². The topological polar surface area (TPSA) is 40.5 Å². The summed E-state index contributed by atoms with van der Waals surface area (Å²) in [5, 5.41) is 17.9. The summed E-state index contributed by atoms with van der Waals surface area (Å²) in [7, 11) is 0. The van der Waals surface area contributed by atoms with Crippen LogP contribution in [-0.2, 0) is 6.42 Å². The van der Waals surface area contributed by atoms with Gasteiger partial charge in [0.1, 0.15) is 0 Å². The van der Waals surface area contributed by atoms with Gasteiger partial charge in [-0.25, -0.2) is 4.39 Å². The molecule has 1 rings (SSSR count). The maximum atomic E-state index is 13.0. The quantitative estimate of drug-likeness (QED) is 0.751. The molecule has 0 radical (unpaired) electrons. The third-order valence-electron chi connectivity index (χ3n) is 1.89. The molecule has 3 heteroatoms. The number of phenolic OH excluding ortho intramolecular Hbond substituents is 1. The number of benzene rings is 1.